The van der Waals surface area contributed by atoms with Gasteiger partial charge in [0.1, 0.15) is 23.4 Å². The number of ether oxygens (including phenoxy) is 1. The van der Waals surface area contributed by atoms with Crippen LogP contribution < -0.4 is 10.2 Å². The number of aromatic nitrogens is 2. The van der Waals surface area contributed by atoms with Gasteiger partial charge in [0.15, 0.2) is 11.4 Å². The summed E-state index contributed by atoms with van der Waals surface area (Å²) in [5.41, 5.74) is 3.72. The number of unbranched alkanes of at least 4 members (excludes halogenated alkanes) is 2. The first-order valence-corrected chi connectivity index (χ1v) is 18.3. The quantitative estimate of drug-likeness (QED) is 0.0902. The van der Waals surface area contributed by atoms with Crippen molar-refractivity contribution in [3.8, 4) is 5.75 Å². The summed E-state index contributed by atoms with van der Waals surface area (Å²) in [6, 6.07) is 6.06. The number of rotatable bonds is 17. The van der Waals surface area contributed by atoms with Gasteiger partial charge in [-0.25, -0.2) is 9.97 Å². The third-order valence-electron chi connectivity index (χ3n) is 9.53. The molecule has 4 amide bonds. The number of nitrogens with zero attached hydrogens (tertiary/aromatic N) is 5. The second-order valence-electron chi connectivity index (χ2n) is 13.2. The van der Waals surface area contributed by atoms with Gasteiger partial charge in [0.2, 0.25) is 11.8 Å². The lowest BCUT2D eigenvalue weighted by atomic mass is 9.91. The number of piperidine rings is 1. The molecule has 3 aliphatic heterocycles. The number of anilines is 1. The van der Waals surface area contributed by atoms with Crippen molar-refractivity contribution in [2.45, 2.75) is 51.5 Å². The largest absolute Gasteiger partial charge is 0.508 e. The Labute approximate surface area is 316 Å². The molecule has 0 radical (unpaired) electrons. The highest BCUT2D eigenvalue weighted by molar-refractivity contribution is 6.21. The van der Waals surface area contributed by atoms with Crippen molar-refractivity contribution in [1.82, 2.24) is 25.1 Å². The molecular weight excluding hydrogens is 684 g/mol. The standard InChI is InChI=1S/C42H48N6O6/c1-5-7-8-10-13-31(6-2)37(32-16-18-33(49)19-17-32)29(3)14-15-30(4)54-27-12-9-11-22-46-23-25-47(26-24-46)35-28-43-38-39(44-35)42(53)48(41(38)52)34-20-21-36(50)45-40(34)51/h5,7-8,10,13-19,28,34,49H,1,3-4,6,9,11-12,20-27H2,2H3,(H,45,50,51)/b8-7-,13-10+,15-14-,37-31+. The van der Waals surface area contributed by atoms with Crippen LogP contribution in [0.2, 0.25) is 0 Å². The van der Waals surface area contributed by atoms with Crippen LogP contribution in [0, 0.1) is 0 Å². The van der Waals surface area contributed by atoms with E-state index in [1.165, 1.54) is 6.20 Å². The van der Waals surface area contributed by atoms with Crippen LogP contribution in [-0.4, -0.2) is 93.9 Å². The minimum Gasteiger partial charge on any atom is -0.508 e. The topological polar surface area (TPSA) is 145 Å². The fourth-order valence-electron chi connectivity index (χ4n) is 6.61. The molecule has 5 rings (SSSR count). The lowest BCUT2D eigenvalue weighted by Crippen LogP contribution is -2.54. The molecule has 0 spiro atoms. The smallest absolute Gasteiger partial charge is 0.282 e. The zero-order valence-electron chi connectivity index (χ0n) is 30.8. The molecule has 3 aliphatic rings. The number of fused-ring (bicyclic) bond motifs is 1. The predicted octanol–water partition coefficient (Wildman–Crippen LogP) is 5.68. The highest BCUT2D eigenvalue weighted by atomic mass is 16.5. The minimum atomic E-state index is -1.05. The number of imide groups is 2. The normalized spacial score (nSPS) is 18.4. The van der Waals surface area contributed by atoms with Crippen molar-refractivity contribution in [3.05, 3.63) is 127 Å². The average Bonchev–Trinajstić information content (AvgIpc) is 3.42. The number of amides is 4. The Morgan fingerprint density at radius 1 is 0.944 bits per heavy atom. The molecule has 1 atom stereocenters. The first-order chi connectivity index (χ1) is 26.1. The molecule has 1 aromatic carbocycles. The van der Waals surface area contributed by atoms with Gasteiger partial charge in [0.25, 0.3) is 11.8 Å². The summed E-state index contributed by atoms with van der Waals surface area (Å²) in [6.45, 7) is 18.7. The van der Waals surface area contributed by atoms with Crippen molar-refractivity contribution in [1.29, 1.82) is 0 Å². The van der Waals surface area contributed by atoms with Crippen LogP contribution in [0.4, 0.5) is 5.82 Å². The molecule has 1 aromatic heterocycles. The Hall–Kier alpha value is -5.88. The SMILES string of the molecule is C=C\C=C/C=C/C(CC)=C(\C(=C)/C=C\C(=C)OCCCCCN1CCN(c2cnc3c(n2)C(=O)N(C2CCC(=O)NC2=O)C3=O)CC1)c1ccc(O)cc1. The van der Waals surface area contributed by atoms with E-state index in [0.29, 0.717) is 31.3 Å². The van der Waals surface area contributed by atoms with Crippen molar-refractivity contribution in [3.63, 3.8) is 0 Å². The summed E-state index contributed by atoms with van der Waals surface area (Å²) >= 11 is 0. The lowest BCUT2D eigenvalue weighted by molar-refractivity contribution is -0.136. The molecule has 4 heterocycles. The Balaban J connectivity index is 1.03. The van der Waals surface area contributed by atoms with Crippen molar-refractivity contribution < 1.29 is 29.0 Å². The molecule has 54 heavy (non-hydrogen) atoms. The van der Waals surface area contributed by atoms with Crippen molar-refractivity contribution in [2.75, 3.05) is 44.2 Å². The highest BCUT2D eigenvalue weighted by Crippen LogP contribution is 2.31. The number of nitrogens with one attached hydrogen (secondary N) is 1. The van der Waals surface area contributed by atoms with Gasteiger partial charge in [-0.2, -0.15) is 0 Å². The summed E-state index contributed by atoms with van der Waals surface area (Å²) < 4.78 is 5.91. The van der Waals surface area contributed by atoms with Gasteiger partial charge in [-0.1, -0.05) is 75.2 Å². The van der Waals surface area contributed by atoms with Crippen LogP contribution >= 0.6 is 0 Å². The van der Waals surface area contributed by atoms with Gasteiger partial charge in [0.05, 0.1) is 12.8 Å². The van der Waals surface area contributed by atoms with E-state index >= 15 is 0 Å². The van der Waals surface area contributed by atoms with Crippen LogP contribution in [0.1, 0.15) is 72.0 Å². The minimum absolute atomic E-state index is 0.0518. The Morgan fingerprint density at radius 3 is 2.39 bits per heavy atom. The molecule has 12 nitrogen and oxygen atoms in total. The number of phenolic OH excluding ortho intramolecular Hbond substituents is 1. The molecule has 0 saturated carbocycles. The third-order valence-corrected chi connectivity index (χ3v) is 9.53. The Bertz CT molecular complexity index is 1900. The predicted molar refractivity (Wildman–Crippen MR) is 208 cm³/mol. The summed E-state index contributed by atoms with van der Waals surface area (Å²) in [7, 11) is 0. The second kappa shape index (κ2) is 18.7. The van der Waals surface area contributed by atoms with E-state index in [-0.39, 0.29) is 30.0 Å². The van der Waals surface area contributed by atoms with Gasteiger partial charge in [-0.05, 0) is 79.1 Å². The fourth-order valence-corrected chi connectivity index (χ4v) is 6.61. The van der Waals surface area contributed by atoms with E-state index in [1.807, 2.05) is 47.4 Å². The summed E-state index contributed by atoms with van der Waals surface area (Å²) in [5, 5.41) is 12.0. The summed E-state index contributed by atoms with van der Waals surface area (Å²) in [4.78, 5) is 64.0. The van der Waals surface area contributed by atoms with Crippen LogP contribution in [0.5, 0.6) is 5.75 Å². The molecule has 2 saturated heterocycles. The number of carbonyl (C=O) groups is 4. The molecule has 1 unspecified atom stereocenters. The first kappa shape index (κ1) is 39.3. The molecule has 2 N–H and O–H groups in total. The third kappa shape index (κ3) is 9.75. The number of phenols is 1. The average molecular weight is 733 g/mol. The maximum absolute atomic E-state index is 13.1. The Morgan fingerprint density at radius 2 is 1.69 bits per heavy atom. The van der Waals surface area contributed by atoms with Crippen LogP contribution in [-0.2, 0) is 14.3 Å². The van der Waals surface area contributed by atoms with E-state index in [4.69, 9.17) is 4.74 Å². The lowest BCUT2D eigenvalue weighted by Gasteiger charge is -2.35. The summed E-state index contributed by atoms with van der Waals surface area (Å²) in [6.07, 6.45) is 18.6. The van der Waals surface area contributed by atoms with E-state index in [9.17, 15) is 24.3 Å². The van der Waals surface area contributed by atoms with Crippen LogP contribution in [0.25, 0.3) is 5.57 Å². The fraction of sp³-hybridized carbons (Fsp3) is 0.333. The first-order valence-electron chi connectivity index (χ1n) is 18.3. The van der Waals surface area contributed by atoms with E-state index in [0.717, 1.165) is 72.5 Å². The van der Waals surface area contributed by atoms with Crippen molar-refractivity contribution >= 4 is 35.0 Å². The number of piperazine rings is 1. The molecule has 2 aromatic rings. The second-order valence-corrected chi connectivity index (χ2v) is 13.2. The van der Waals surface area contributed by atoms with E-state index < -0.39 is 29.7 Å². The van der Waals surface area contributed by atoms with E-state index in [1.54, 1.807) is 18.2 Å². The molecule has 2 fully saturated rings. The number of hydrogen-bond acceptors (Lipinski definition) is 10. The molecule has 12 heteroatoms. The molecule has 282 valence electrons. The van der Waals surface area contributed by atoms with Gasteiger partial charge in [0, 0.05) is 32.6 Å². The molecule has 0 bridgehead atoms. The van der Waals surface area contributed by atoms with Gasteiger partial charge in [-0.15, -0.1) is 0 Å². The number of hydrogen-bond donors (Lipinski definition) is 2. The maximum Gasteiger partial charge on any atom is 0.282 e. The summed E-state index contributed by atoms with van der Waals surface area (Å²) in [5.74, 6) is -1.13. The van der Waals surface area contributed by atoms with Crippen LogP contribution in [0.15, 0.2) is 110 Å². The zero-order chi connectivity index (χ0) is 38.6. The maximum atomic E-state index is 13.1. The van der Waals surface area contributed by atoms with Crippen LogP contribution in [0.3, 0.4) is 0 Å². The van der Waals surface area contributed by atoms with E-state index in [2.05, 4.69) is 52.9 Å². The Kier molecular flexibility index (Phi) is 13.7. The van der Waals surface area contributed by atoms with Gasteiger partial charge < -0.3 is 14.7 Å². The van der Waals surface area contributed by atoms with Crippen molar-refractivity contribution in [2.24, 2.45) is 0 Å². The highest BCUT2D eigenvalue weighted by Gasteiger charge is 2.46. The van der Waals surface area contributed by atoms with Gasteiger partial charge in [-0.3, -0.25) is 34.3 Å². The number of allylic oxidation sites excluding steroid dienone is 10. The van der Waals surface area contributed by atoms with Gasteiger partial charge >= 0.3 is 0 Å². The molecule has 0 aliphatic carbocycles. The monoisotopic (exact) mass is 732 g/mol. The zero-order valence-corrected chi connectivity index (χ0v) is 30.8. The number of aromatic hydroxyl groups is 1. The number of benzene rings is 1. The number of carbonyl (C=O) groups excluding carboxylic acids is 4. The molecular formula is C42H48N6O6.